The van der Waals surface area contributed by atoms with Crippen LogP contribution < -0.4 is 11.1 Å². The van der Waals surface area contributed by atoms with Crippen molar-refractivity contribution in [2.45, 2.75) is 19.3 Å². The van der Waals surface area contributed by atoms with Gasteiger partial charge in [0.05, 0.1) is 5.52 Å². The molecule has 1 aromatic carbocycles. The number of para-hydroxylation sites is 1. The topological polar surface area (TPSA) is 68.0 Å². The van der Waals surface area contributed by atoms with E-state index in [2.05, 4.69) is 10.3 Å². The average Bonchev–Trinajstić information content (AvgIpc) is 2.95. The van der Waals surface area contributed by atoms with Crippen LogP contribution >= 0.6 is 0 Å². The second-order valence-electron chi connectivity index (χ2n) is 5.41. The Bertz CT molecular complexity index is 626. The van der Waals surface area contributed by atoms with Crippen LogP contribution in [0, 0.1) is 11.8 Å². The maximum absolute atomic E-state index is 12.3. The molecular formula is C16H19N3O. The fourth-order valence-corrected chi connectivity index (χ4v) is 3.02. The number of amides is 1. The van der Waals surface area contributed by atoms with Crippen molar-refractivity contribution in [2.75, 3.05) is 11.9 Å². The summed E-state index contributed by atoms with van der Waals surface area (Å²) in [4.78, 5) is 16.8. The number of fused-ring (bicyclic) bond motifs is 1. The predicted octanol–water partition coefficient (Wildman–Crippen LogP) is 2.55. The Kier molecular flexibility index (Phi) is 3.65. The number of nitrogens with zero attached hydrogens (tertiary/aromatic N) is 1. The number of carbonyl (C=O) groups is 1. The minimum atomic E-state index is 0.0354. The molecule has 3 N–H and O–H groups in total. The third-order valence-corrected chi connectivity index (χ3v) is 4.15. The van der Waals surface area contributed by atoms with Crippen molar-refractivity contribution >= 4 is 22.6 Å². The molecule has 0 radical (unpaired) electrons. The van der Waals surface area contributed by atoms with Crippen molar-refractivity contribution in [2.24, 2.45) is 17.6 Å². The first-order valence-electron chi connectivity index (χ1n) is 7.14. The van der Waals surface area contributed by atoms with Gasteiger partial charge in [-0.3, -0.25) is 4.79 Å². The van der Waals surface area contributed by atoms with Gasteiger partial charge in [-0.05, 0) is 43.5 Å². The summed E-state index contributed by atoms with van der Waals surface area (Å²) in [5.74, 6) is 1.03. The number of benzene rings is 1. The molecule has 2 aromatic rings. The minimum Gasteiger partial charge on any atom is -0.330 e. The summed E-state index contributed by atoms with van der Waals surface area (Å²) in [6.45, 7) is 0.587. The number of hydrogen-bond acceptors (Lipinski definition) is 3. The van der Waals surface area contributed by atoms with Crippen molar-refractivity contribution in [3.63, 3.8) is 0 Å². The first-order valence-corrected chi connectivity index (χ1v) is 7.14. The van der Waals surface area contributed by atoms with Gasteiger partial charge in [0.1, 0.15) is 5.82 Å². The Hall–Kier alpha value is -1.94. The van der Waals surface area contributed by atoms with E-state index in [4.69, 9.17) is 5.73 Å². The summed E-state index contributed by atoms with van der Waals surface area (Å²) in [6, 6.07) is 11.7. The number of nitrogens with one attached hydrogen (secondary N) is 1. The second-order valence-corrected chi connectivity index (χ2v) is 5.41. The van der Waals surface area contributed by atoms with E-state index in [1.807, 2.05) is 36.4 Å². The zero-order chi connectivity index (χ0) is 13.9. The summed E-state index contributed by atoms with van der Waals surface area (Å²) in [5.41, 5.74) is 6.63. The van der Waals surface area contributed by atoms with Crippen LogP contribution in [-0.4, -0.2) is 17.4 Å². The molecule has 1 heterocycles. The fraction of sp³-hybridized carbons (Fsp3) is 0.375. The Morgan fingerprint density at radius 2 is 2.10 bits per heavy atom. The molecule has 1 fully saturated rings. The molecular weight excluding hydrogens is 250 g/mol. The van der Waals surface area contributed by atoms with Crippen LogP contribution in [0.5, 0.6) is 0 Å². The van der Waals surface area contributed by atoms with Gasteiger partial charge in [0.2, 0.25) is 5.91 Å². The lowest BCUT2D eigenvalue weighted by Gasteiger charge is -2.17. The Labute approximate surface area is 118 Å². The number of nitrogens with two attached hydrogens (primary N) is 1. The van der Waals surface area contributed by atoms with Crippen LogP contribution in [0.2, 0.25) is 0 Å². The van der Waals surface area contributed by atoms with Crippen LogP contribution in [0.3, 0.4) is 0 Å². The smallest absolute Gasteiger partial charge is 0.228 e. The van der Waals surface area contributed by atoms with E-state index in [-0.39, 0.29) is 11.8 Å². The van der Waals surface area contributed by atoms with Gasteiger partial charge in [-0.2, -0.15) is 0 Å². The minimum absolute atomic E-state index is 0.0354. The molecule has 104 valence electrons. The molecule has 2 atom stereocenters. The summed E-state index contributed by atoms with van der Waals surface area (Å²) in [5, 5.41) is 4.01. The van der Waals surface area contributed by atoms with E-state index in [1.54, 1.807) is 0 Å². The lowest BCUT2D eigenvalue weighted by Crippen LogP contribution is -2.30. The van der Waals surface area contributed by atoms with E-state index in [0.717, 1.165) is 30.2 Å². The van der Waals surface area contributed by atoms with Gasteiger partial charge in [0.25, 0.3) is 0 Å². The largest absolute Gasteiger partial charge is 0.330 e. The second kappa shape index (κ2) is 5.59. The van der Waals surface area contributed by atoms with Crippen molar-refractivity contribution < 1.29 is 4.79 Å². The van der Waals surface area contributed by atoms with Gasteiger partial charge in [0.15, 0.2) is 0 Å². The van der Waals surface area contributed by atoms with Crippen molar-refractivity contribution in [3.8, 4) is 0 Å². The van der Waals surface area contributed by atoms with Crippen molar-refractivity contribution in [1.29, 1.82) is 0 Å². The highest BCUT2D eigenvalue weighted by atomic mass is 16.2. The normalized spacial score (nSPS) is 22.1. The third-order valence-electron chi connectivity index (χ3n) is 4.15. The third kappa shape index (κ3) is 2.51. The van der Waals surface area contributed by atoms with Crippen LogP contribution in [0.1, 0.15) is 19.3 Å². The molecule has 1 aromatic heterocycles. The fourth-order valence-electron chi connectivity index (χ4n) is 3.02. The van der Waals surface area contributed by atoms with E-state index >= 15 is 0 Å². The highest BCUT2D eigenvalue weighted by Crippen LogP contribution is 2.31. The molecule has 3 rings (SSSR count). The first kappa shape index (κ1) is 13.1. The van der Waals surface area contributed by atoms with Crippen LogP contribution in [0.15, 0.2) is 36.4 Å². The monoisotopic (exact) mass is 269 g/mol. The predicted molar refractivity (Wildman–Crippen MR) is 80.3 cm³/mol. The van der Waals surface area contributed by atoms with E-state index in [9.17, 15) is 4.79 Å². The van der Waals surface area contributed by atoms with Crippen LogP contribution in [0.4, 0.5) is 5.82 Å². The Morgan fingerprint density at radius 3 is 2.95 bits per heavy atom. The molecule has 0 saturated heterocycles. The lowest BCUT2D eigenvalue weighted by atomic mass is 9.95. The van der Waals surface area contributed by atoms with Gasteiger partial charge < -0.3 is 11.1 Å². The molecule has 1 amide bonds. The SMILES string of the molecule is NC[C@H]1CCC[C@H]1C(=O)Nc1ccc2ccccc2n1. The van der Waals surface area contributed by atoms with E-state index < -0.39 is 0 Å². The zero-order valence-electron chi connectivity index (χ0n) is 11.4. The van der Waals surface area contributed by atoms with Gasteiger partial charge in [0, 0.05) is 11.3 Å². The number of aromatic nitrogens is 1. The first-order chi connectivity index (χ1) is 9.78. The summed E-state index contributed by atoms with van der Waals surface area (Å²) < 4.78 is 0. The van der Waals surface area contributed by atoms with Crippen LogP contribution in [0.25, 0.3) is 10.9 Å². The number of anilines is 1. The van der Waals surface area contributed by atoms with E-state index in [0.29, 0.717) is 18.3 Å². The number of rotatable bonds is 3. The molecule has 4 nitrogen and oxygen atoms in total. The van der Waals surface area contributed by atoms with Crippen molar-refractivity contribution in [1.82, 2.24) is 4.98 Å². The standard InChI is InChI=1S/C16H19N3O/c17-10-12-5-3-6-13(12)16(20)19-15-9-8-11-4-1-2-7-14(11)18-15/h1-2,4,7-9,12-13H,3,5-6,10,17H2,(H,18,19,20)/t12-,13-/m1/s1. The molecule has 0 bridgehead atoms. The number of carbonyl (C=O) groups excluding carboxylic acids is 1. The molecule has 0 unspecified atom stereocenters. The van der Waals surface area contributed by atoms with Crippen LogP contribution in [-0.2, 0) is 4.79 Å². The van der Waals surface area contributed by atoms with Gasteiger partial charge >= 0.3 is 0 Å². The zero-order valence-corrected chi connectivity index (χ0v) is 11.4. The van der Waals surface area contributed by atoms with E-state index in [1.165, 1.54) is 0 Å². The highest BCUT2D eigenvalue weighted by Gasteiger charge is 2.31. The van der Waals surface area contributed by atoms with Gasteiger partial charge in [-0.15, -0.1) is 0 Å². The Balaban J connectivity index is 1.77. The summed E-state index contributed by atoms with van der Waals surface area (Å²) >= 11 is 0. The summed E-state index contributed by atoms with van der Waals surface area (Å²) in [7, 11) is 0. The molecule has 1 saturated carbocycles. The molecule has 0 aliphatic heterocycles. The maximum Gasteiger partial charge on any atom is 0.228 e. The molecule has 1 aliphatic rings. The quantitative estimate of drug-likeness (QED) is 0.899. The molecule has 4 heteroatoms. The molecule has 0 spiro atoms. The molecule has 1 aliphatic carbocycles. The Morgan fingerprint density at radius 1 is 1.25 bits per heavy atom. The maximum atomic E-state index is 12.3. The highest BCUT2D eigenvalue weighted by molar-refractivity contribution is 5.93. The van der Waals surface area contributed by atoms with Crippen molar-refractivity contribution in [3.05, 3.63) is 36.4 Å². The van der Waals surface area contributed by atoms with Gasteiger partial charge in [-0.1, -0.05) is 24.6 Å². The lowest BCUT2D eigenvalue weighted by molar-refractivity contribution is -0.120. The summed E-state index contributed by atoms with van der Waals surface area (Å²) in [6.07, 6.45) is 3.08. The number of pyridine rings is 1. The van der Waals surface area contributed by atoms with Gasteiger partial charge in [-0.25, -0.2) is 4.98 Å². The average molecular weight is 269 g/mol. The number of hydrogen-bond donors (Lipinski definition) is 2. The molecule has 20 heavy (non-hydrogen) atoms.